The molecule has 1 saturated heterocycles. The Kier molecular flexibility index (Phi) is 5.69. The van der Waals surface area contributed by atoms with Gasteiger partial charge in [0, 0.05) is 48.5 Å². The lowest BCUT2D eigenvalue weighted by Crippen LogP contribution is -2.46. The summed E-state index contributed by atoms with van der Waals surface area (Å²) < 4.78 is 1.34. The maximum absolute atomic E-state index is 12.6. The number of benzene rings is 2. The van der Waals surface area contributed by atoms with Crippen LogP contribution in [0.2, 0.25) is 5.02 Å². The predicted molar refractivity (Wildman–Crippen MR) is 127 cm³/mol. The lowest BCUT2D eigenvalue weighted by molar-refractivity contribution is 0.0650. The van der Waals surface area contributed by atoms with E-state index in [4.69, 9.17) is 11.6 Å². The SMILES string of the molecule is O=C1c2cccc(Cl)c2C(=O)N1CCCCN1CCN(c2cccc3sccc23)CC1. The fourth-order valence-electron chi connectivity index (χ4n) is 4.57. The number of anilines is 1. The highest BCUT2D eigenvalue weighted by Gasteiger charge is 2.36. The van der Waals surface area contributed by atoms with Gasteiger partial charge in [-0.1, -0.05) is 23.7 Å². The molecule has 7 heteroatoms. The number of imide groups is 1. The Morgan fingerprint density at radius 3 is 2.45 bits per heavy atom. The predicted octanol–water partition coefficient (Wildman–Crippen LogP) is 4.75. The molecular formula is C24H24ClN3O2S. The third-order valence-electron chi connectivity index (χ3n) is 6.24. The minimum Gasteiger partial charge on any atom is -0.368 e. The minimum absolute atomic E-state index is 0.223. The van der Waals surface area contributed by atoms with E-state index < -0.39 is 0 Å². The van der Waals surface area contributed by atoms with Crippen molar-refractivity contribution in [3.63, 3.8) is 0 Å². The molecule has 5 nitrogen and oxygen atoms in total. The van der Waals surface area contributed by atoms with E-state index in [0.29, 0.717) is 22.7 Å². The van der Waals surface area contributed by atoms with Gasteiger partial charge in [0.25, 0.3) is 11.8 Å². The van der Waals surface area contributed by atoms with Crippen LogP contribution in [0.15, 0.2) is 47.8 Å². The topological polar surface area (TPSA) is 43.9 Å². The number of carbonyl (C=O) groups is 2. The third-order valence-corrected chi connectivity index (χ3v) is 7.44. The second kappa shape index (κ2) is 8.61. The Morgan fingerprint density at radius 1 is 0.871 bits per heavy atom. The normalized spacial score (nSPS) is 17.1. The van der Waals surface area contributed by atoms with E-state index in [0.717, 1.165) is 45.6 Å². The van der Waals surface area contributed by atoms with Crippen molar-refractivity contribution in [3.05, 3.63) is 64.0 Å². The van der Waals surface area contributed by atoms with Gasteiger partial charge in [0.2, 0.25) is 0 Å². The molecule has 0 unspecified atom stereocenters. The van der Waals surface area contributed by atoms with Crippen molar-refractivity contribution in [2.75, 3.05) is 44.2 Å². The van der Waals surface area contributed by atoms with Crippen LogP contribution in [0.25, 0.3) is 10.1 Å². The summed E-state index contributed by atoms with van der Waals surface area (Å²) in [5.41, 5.74) is 2.11. The second-order valence-electron chi connectivity index (χ2n) is 8.07. The summed E-state index contributed by atoms with van der Waals surface area (Å²) in [6.07, 6.45) is 1.76. The number of hydrogen-bond donors (Lipinski definition) is 0. The Morgan fingerprint density at radius 2 is 1.65 bits per heavy atom. The molecule has 2 aliphatic rings. The fraction of sp³-hybridized carbons (Fsp3) is 0.333. The first kappa shape index (κ1) is 20.5. The van der Waals surface area contributed by atoms with Crippen molar-refractivity contribution in [1.82, 2.24) is 9.80 Å². The zero-order valence-electron chi connectivity index (χ0n) is 17.2. The van der Waals surface area contributed by atoms with Crippen molar-refractivity contribution in [2.24, 2.45) is 0 Å². The molecule has 0 aliphatic carbocycles. The molecule has 0 N–H and O–H groups in total. The molecule has 0 spiro atoms. The summed E-state index contributed by atoms with van der Waals surface area (Å²) >= 11 is 7.92. The molecule has 2 aromatic carbocycles. The van der Waals surface area contributed by atoms with Crippen LogP contribution in [0.3, 0.4) is 0 Å². The van der Waals surface area contributed by atoms with Gasteiger partial charge in [-0.3, -0.25) is 19.4 Å². The first-order valence-electron chi connectivity index (χ1n) is 10.7. The minimum atomic E-state index is -0.262. The third kappa shape index (κ3) is 3.84. The molecule has 160 valence electrons. The molecule has 0 saturated carbocycles. The van der Waals surface area contributed by atoms with E-state index in [2.05, 4.69) is 39.4 Å². The Bertz CT molecular complexity index is 1140. The lowest BCUT2D eigenvalue weighted by Gasteiger charge is -2.36. The van der Waals surface area contributed by atoms with Crippen molar-refractivity contribution < 1.29 is 9.59 Å². The average Bonchev–Trinajstić information content (AvgIpc) is 3.36. The summed E-state index contributed by atoms with van der Waals surface area (Å²) in [4.78, 5) is 31.4. The van der Waals surface area contributed by atoms with Gasteiger partial charge in [-0.25, -0.2) is 0 Å². The quantitative estimate of drug-likeness (QED) is 0.399. The van der Waals surface area contributed by atoms with E-state index in [-0.39, 0.29) is 11.8 Å². The summed E-state index contributed by atoms with van der Waals surface area (Å²) in [7, 11) is 0. The maximum atomic E-state index is 12.6. The molecular weight excluding hydrogens is 430 g/mol. The number of unbranched alkanes of at least 4 members (excludes halogenated alkanes) is 1. The number of hydrogen-bond acceptors (Lipinski definition) is 5. The highest BCUT2D eigenvalue weighted by molar-refractivity contribution is 7.17. The Hall–Kier alpha value is -2.41. The van der Waals surface area contributed by atoms with Gasteiger partial charge in [0.1, 0.15) is 0 Å². The first-order valence-corrected chi connectivity index (χ1v) is 12.0. The van der Waals surface area contributed by atoms with Gasteiger partial charge in [-0.2, -0.15) is 0 Å². The van der Waals surface area contributed by atoms with Crippen molar-refractivity contribution in [2.45, 2.75) is 12.8 Å². The zero-order valence-corrected chi connectivity index (χ0v) is 18.8. The van der Waals surface area contributed by atoms with Gasteiger partial charge < -0.3 is 4.90 Å². The molecule has 5 rings (SSSR count). The van der Waals surface area contributed by atoms with Crippen molar-refractivity contribution in [3.8, 4) is 0 Å². The molecule has 0 atom stereocenters. The summed E-state index contributed by atoms with van der Waals surface area (Å²) in [5.74, 6) is -0.486. The second-order valence-corrected chi connectivity index (χ2v) is 9.42. The van der Waals surface area contributed by atoms with Crippen LogP contribution in [-0.4, -0.2) is 60.9 Å². The highest BCUT2D eigenvalue weighted by Crippen LogP contribution is 2.31. The van der Waals surface area contributed by atoms with Crippen LogP contribution < -0.4 is 4.90 Å². The number of rotatable bonds is 6. The van der Waals surface area contributed by atoms with Crippen LogP contribution in [0.4, 0.5) is 5.69 Å². The number of amides is 2. The lowest BCUT2D eigenvalue weighted by atomic mass is 10.1. The Balaban J connectivity index is 1.10. The number of piperazine rings is 1. The van der Waals surface area contributed by atoms with E-state index in [1.807, 2.05) is 0 Å². The number of fused-ring (bicyclic) bond motifs is 2. The zero-order chi connectivity index (χ0) is 21.4. The smallest absolute Gasteiger partial charge is 0.263 e. The highest BCUT2D eigenvalue weighted by atomic mass is 35.5. The number of thiophene rings is 1. The summed E-state index contributed by atoms with van der Waals surface area (Å²) in [6.45, 7) is 5.53. The largest absolute Gasteiger partial charge is 0.368 e. The van der Waals surface area contributed by atoms with Crippen LogP contribution in [-0.2, 0) is 0 Å². The van der Waals surface area contributed by atoms with Gasteiger partial charge >= 0.3 is 0 Å². The molecule has 2 aliphatic heterocycles. The van der Waals surface area contributed by atoms with Crippen LogP contribution in [0, 0.1) is 0 Å². The standard InChI is InChI=1S/C24H24ClN3O2S/c25-19-6-3-5-18-22(19)24(30)28(23(18)29)11-2-1-10-26-12-14-27(15-13-26)20-7-4-8-21-17(20)9-16-31-21/h3-9,16H,1-2,10-15H2. The van der Waals surface area contributed by atoms with Crippen molar-refractivity contribution in [1.29, 1.82) is 0 Å². The number of halogens is 1. The van der Waals surface area contributed by atoms with Gasteiger partial charge in [-0.15, -0.1) is 11.3 Å². The van der Waals surface area contributed by atoms with Crippen LogP contribution in [0.1, 0.15) is 33.6 Å². The van der Waals surface area contributed by atoms with E-state index in [9.17, 15) is 9.59 Å². The molecule has 1 aromatic heterocycles. The summed E-state index contributed by atoms with van der Waals surface area (Å²) in [5, 5.41) is 3.86. The van der Waals surface area contributed by atoms with Gasteiger partial charge in [0.05, 0.1) is 16.1 Å². The maximum Gasteiger partial charge on any atom is 0.263 e. The van der Waals surface area contributed by atoms with E-state index in [1.54, 1.807) is 29.5 Å². The molecule has 3 heterocycles. The number of nitrogens with zero attached hydrogens (tertiary/aromatic N) is 3. The number of carbonyl (C=O) groups excluding carboxylic acids is 2. The van der Waals surface area contributed by atoms with Crippen molar-refractivity contribution >= 4 is 50.5 Å². The van der Waals surface area contributed by atoms with E-state index >= 15 is 0 Å². The average molecular weight is 454 g/mol. The Labute approximate surface area is 190 Å². The molecule has 2 amide bonds. The fourth-order valence-corrected chi connectivity index (χ4v) is 5.63. The van der Waals surface area contributed by atoms with Gasteiger partial charge in [-0.05, 0) is 55.1 Å². The summed E-state index contributed by atoms with van der Waals surface area (Å²) in [6, 6.07) is 13.8. The van der Waals surface area contributed by atoms with Gasteiger partial charge in [0.15, 0.2) is 0 Å². The molecule has 0 bridgehead atoms. The first-order chi connectivity index (χ1) is 15.1. The molecule has 0 radical (unpaired) electrons. The monoisotopic (exact) mass is 453 g/mol. The van der Waals surface area contributed by atoms with Crippen LogP contribution >= 0.6 is 22.9 Å². The van der Waals surface area contributed by atoms with Crippen LogP contribution in [0.5, 0.6) is 0 Å². The molecule has 1 fully saturated rings. The van der Waals surface area contributed by atoms with E-state index in [1.165, 1.54) is 20.7 Å². The molecule has 3 aromatic rings. The molecule has 31 heavy (non-hydrogen) atoms.